The van der Waals surface area contributed by atoms with Crippen molar-refractivity contribution in [2.75, 3.05) is 24.5 Å². The van der Waals surface area contributed by atoms with Gasteiger partial charge in [0.05, 0.1) is 15.7 Å². The number of anilines is 1. The number of halogens is 2. The molecule has 0 radical (unpaired) electrons. The van der Waals surface area contributed by atoms with Crippen molar-refractivity contribution in [3.8, 4) is 0 Å². The molecule has 2 fully saturated rings. The van der Waals surface area contributed by atoms with Crippen LogP contribution in [0.25, 0.3) is 0 Å². The molecule has 1 saturated heterocycles. The van der Waals surface area contributed by atoms with Crippen LogP contribution in [0.2, 0.25) is 10.0 Å². The van der Waals surface area contributed by atoms with E-state index in [9.17, 15) is 0 Å². The first-order valence-electron chi connectivity index (χ1n) is 7.04. The van der Waals surface area contributed by atoms with Crippen molar-refractivity contribution in [1.29, 1.82) is 0 Å². The standard InChI is InChI=1S/C15H20Cl2N2/c1-15(11-6-7-11)10-19(9-3-8-18-15)13-5-2-4-12(16)14(13)17/h2,4-5,11,18H,3,6-10H2,1H3. The first-order chi connectivity index (χ1) is 9.10. The van der Waals surface area contributed by atoms with Crippen LogP contribution in [0.5, 0.6) is 0 Å². The van der Waals surface area contributed by atoms with Gasteiger partial charge in [-0.3, -0.25) is 0 Å². The highest BCUT2D eigenvalue weighted by Crippen LogP contribution is 2.42. The Kier molecular flexibility index (Phi) is 3.67. The van der Waals surface area contributed by atoms with Crippen molar-refractivity contribution < 1.29 is 0 Å². The quantitative estimate of drug-likeness (QED) is 0.889. The second kappa shape index (κ2) is 5.16. The van der Waals surface area contributed by atoms with Crippen molar-refractivity contribution in [2.45, 2.75) is 31.7 Å². The molecule has 2 nitrogen and oxygen atoms in total. The molecular weight excluding hydrogens is 279 g/mol. The number of hydrogen-bond donors (Lipinski definition) is 1. The summed E-state index contributed by atoms with van der Waals surface area (Å²) in [7, 11) is 0. The van der Waals surface area contributed by atoms with Crippen molar-refractivity contribution in [3.63, 3.8) is 0 Å². The van der Waals surface area contributed by atoms with E-state index >= 15 is 0 Å². The van der Waals surface area contributed by atoms with Gasteiger partial charge in [-0.25, -0.2) is 0 Å². The number of nitrogens with one attached hydrogen (secondary N) is 1. The van der Waals surface area contributed by atoms with Gasteiger partial charge < -0.3 is 10.2 Å². The summed E-state index contributed by atoms with van der Waals surface area (Å²) in [5.74, 6) is 0.811. The van der Waals surface area contributed by atoms with Crippen molar-refractivity contribution >= 4 is 28.9 Å². The zero-order valence-electron chi connectivity index (χ0n) is 11.3. The van der Waals surface area contributed by atoms with E-state index in [1.807, 2.05) is 12.1 Å². The number of benzene rings is 1. The van der Waals surface area contributed by atoms with Crippen LogP contribution < -0.4 is 10.2 Å². The maximum Gasteiger partial charge on any atom is 0.0825 e. The van der Waals surface area contributed by atoms with Gasteiger partial charge in [0.15, 0.2) is 0 Å². The molecule has 1 atom stereocenters. The molecule has 0 bridgehead atoms. The summed E-state index contributed by atoms with van der Waals surface area (Å²) in [5.41, 5.74) is 1.28. The molecule has 0 spiro atoms. The molecule has 104 valence electrons. The van der Waals surface area contributed by atoms with Crippen LogP contribution in [-0.4, -0.2) is 25.2 Å². The summed E-state index contributed by atoms with van der Waals surface area (Å²) in [6.45, 7) is 5.48. The molecule has 2 aliphatic rings. The minimum atomic E-state index is 0.210. The number of hydrogen-bond acceptors (Lipinski definition) is 2. The van der Waals surface area contributed by atoms with E-state index in [1.54, 1.807) is 0 Å². The Morgan fingerprint density at radius 2 is 2.11 bits per heavy atom. The number of rotatable bonds is 2. The van der Waals surface area contributed by atoms with E-state index in [1.165, 1.54) is 12.8 Å². The van der Waals surface area contributed by atoms with Crippen molar-refractivity contribution in [3.05, 3.63) is 28.2 Å². The fraction of sp³-hybridized carbons (Fsp3) is 0.600. The average Bonchev–Trinajstić information content (AvgIpc) is 3.20. The lowest BCUT2D eigenvalue weighted by Gasteiger charge is -2.35. The smallest absolute Gasteiger partial charge is 0.0825 e. The predicted octanol–water partition coefficient (Wildman–Crippen LogP) is 3.96. The zero-order valence-corrected chi connectivity index (χ0v) is 12.8. The largest absolute Gasteiger partial charge is 0.368 e. The first kappa shape index (κ1) is 13.5. The SMILES string of the molecule is CC1(C2CC2)CN(c2cccc(Cl)c2Cl)CCCN1. The molecule has 4 heteroatoms. The van der Waals surface area contributed by atoms with Gasteiger partial charge in [-0.1, -0.05) is 29.3 Å². The molecule has 1 aromatic rings. The van der Waals surface area contributed by atoms with Gasteiger partial charge >= 0.3 is 0 Å². The van der Waals surface area contributed by atoms with Crippen LogP contribution >= 0.6 is 23.2 Å². The molecule has 1 heterocycles. The van der Waals surface area contributed by atoms with E-state index in [0.717, 1.165) is 37.7 Å². The minimum Gasteiger partial charge on any atom is -0.368 e. The predicted molar refractivity (Wildman–Crippen MR) is 82.4 cm³/mol. The van der Waals surface area contributed by atoms with Gasteiger partial charge in [-0.2, -0.15) is 0 Å². The van der Waals surface area contributed by atoms with E-state index in [0.29, 0.717) is 10.0 Å². The van der Waals surface area contributed by atoms with Crippen LogP contribution in [-0.2, 0) is 0 Å². The monoisotopic (exact) mass is 298 g/mol. The molecule has 1 N–H and O–H groups in total. The van der Waals surface area contributed by atoms with Gasteiger partial charge in [0, 0.05) is 18.6 Å². The lowest BCUT2D eigenvalue weighted by atomic mass is 9.95. The normalized spacial score (nSPS) is 28.3. The molecule has 3 rings (SSSR count). The Labute approximate surface area is 125 Å². The first-order valence-corrected chi connectivity index (χ1v) is 7.80. The van der Waals surface area contributed by atoms with Gasteiger partial charge in [0.1, 0.15) is 0 Å². The fourth-order valence-electron chi connectivity index (χ4n) is 3.11. The highest BCUT2D eigenvalue weighted by atomic mass is 35.5. The molecule has 0 amide bonds. The molecular formula is C15H20Cl2N2. The third kappa shape index (κ3) is 2.72. The second-order valence-corrected chi connectivity index (χ2v) is 6.75. The molecule has 1 aromatic carbocycles. The third-order valence-corrected chi connectivity index (χ3v) is 5.21. The Morgan fingerprint density at radius 1 is 1.32 bits per heavy atom. The van der Waals surface area contributed by atoms with E-state index in [-0.39, 0.29) is 5.54 Å². The van der Waals surface area contributed by atoms with Crippen molar-refractivity contribution in [2.24, 2.45) is 5.92 Å². The maximum absolute atomic E-state index is 6.37. The minimum absolute atomic E-state index is 0.210. The second-order valence-electron chi connectivity index (χ2n) is 5.97. The van der Waals surface area contributed by atoms with Gasteiger partial charge in [0.25, 0.3) is 0 Å². The Morgan fingerprint density at radius 3 is 2.84 bits per heavy atom. The average molecular weight is 299 g/mol. The maximum atomic E-state index is 6.37. The zero-order chi connectivity index (χ0) is 13.5. The molecule has 1 aliphatic heterocycles. The van der Waals surface area contributed by atoms with Crippen LogP contribution in [0.3, 0.4) is 0 Å². The third-order valence-electron chi connectivity index (χ3n) is 4.40. The van der Waals surface area contributed by atoms with Crippen LogP contribution in [0.4, 0.5) is 5.69 Å². The number of nitrogens with zero attached hydrogens (tertiary/aromatic N) is 1. The summed E-state index contributed by atoms with van der Waals surface area (Å²) in [4.78, 5) is 2.40. The highest BCUT2D eigenvalue weighted by Gasteiger charge is 2.43. The summed E-state index contributed by atoms with van der Waals surface area (Å²) < 4.78 is 0. The van der Waals surface area contributed by atoms with Crippen LogP contribution in [0.1, 0.15) is 26.2 Å². The summed E-state index contributed by atoms with van der Waals surface area (Å²) in [5, 5.41) is 5.06. The topological polar surface area (TPSA) is 15.3 Å². The summed E-state index contributed by atoms with van der Waals surface area (Å²) in [6.07, 6.45) is 3.84. The van der Waals surface area contributed by atoms with Crippen LogP contribution in [0.15, 0.2) is 18.2 Å². The molecule has 1 aliphatic carbocycles. The molecule has 1 unspecified atom stereocenters. The van der Waals surface area contributed by atoms with Gasteiger partial charge in [-0.15, -0.1) is 0 Å². The Hall–Kier alpha value is -0.440. The van der Waals surface area contributed by atoms with Crippen molar-refractivity contribution in [1.82, 2.24) is 5.32 Å². The van der Waals surface area contributed by atoms with Crippen LogP contribution in [0, 0.1) is 5.92 Å². The summed E-state index contributed by atoms with van der Waals surface area (Å²) in [6, 6.07) is 5.91. The lowest BCUT2D eigenvalue weighted by Crippen LogP contribution is -2.51. The molecule has 0 aromatic heterocycles. The fourth-order valence-corrected chi connectivity index (χ4v) is 3.53. The van der Waals surface area contributed by atoms with E-state index < -0.39 is 0 Å². The Balaban J connectivity index is 1.88. The van der Waals surface area contributed by atoms with Gasteiger partial charge in [0.2, 0.25) is 0 Å². The van der Waals surface area contributed by atoms with E-state index in [2.05, 4.69) is 23.2 Å². The highest BCUT2D eigenvalue weighted by molar-refractivity contribution is 6.43. The summed E-state index contributed by atoms with van der Waals surface area (Å²) >= 11 is 12.5. The molecule has 1 saturated carbocycles. The van der Waals surface area contributed by atoms with Gasteiger partial charge in [-0.05, 0) is 50.8 Å². The van der Waals surface area contributed by atoms with E-state index in [4.69, 9.17) is 23.2 Å². The lowest BCUT2D eigenvalue weighted by molar-refractivity contribution is 0.331. The Bertz CT molecular complexity index is 473. The molecule has 19 heavy (non-hydrogen) atoms.